The summed E-state index contributed by atoms with van der Waals surface area (Å²) in [6, 6.07) is 7.74. The average molecular weight is 251 g/mol. The molecule has 17 heavy (non-hydrogen) atoms. The second-order valence-corrected chi connectivity index (χ2v) is 3.99. The van der Waals surface area contributed by atoms with Crippen molar-refractivity contribution in [1.29, 1.82) is 0 Å². The van der Waals surface area contributed by atoms with Crippen LogP contribution in [-0.4, -0.2) is 17.4 Å². The van der Waals surface area contributed by atoms with Crippen molar-refractivity contribution >= 4 is 23.0 Å². The minimum Gasteiger partial charge on any atom is -0.494 e. The van der Waals surface area contributed by atoms with Crippen molar-refractivity contribution in [3.63, 3.8) is 0 Å². The minimum atomic E-state index is 0.159. The first-order chi connectivity index (χ1) is 8.13. The van der Waals surface area contributed by atoms with E-state index in [0.717, 1.165) is 30.1 Å². The van der Waals surface area contributed by atoms with Gasteiger partial charge in [0.25, 0.3) is 0 Å². The highest BCUT2D eigenvalue weighted by Crippen LogP contribution is 2.12. The number of nitrogens with zero attached hydrogens (tertiary/aromatic N) is 1. The van der Waals surface area contributed by atoms with Gasteiger partial charge in [-0.3, -0.25) is 5.43 Å². The number of ether oxygens (including phenoxy) is 1. The van der Waals surface area contributed by atoms with Gasteiger partial charge in [-0.15, -0.1) is 0 Å². The van der Waals surface area contributed by atoms with Crippen LogP contribution < -0.4 is 15.9 Å². The lowest BCUT2D eigenvalue weighted by molar-refractivity contribution is 0.317. The molecule has 0 aliphatic rings. The molecule has 0 fully saturated rings. The van der Waals surface area contributed by atoms with Gasteiger partial charge in [0.2, 0.25) is 0 Å². The molecule has 0 spiro atoms. The van der Waals surface area contributed by atoms with Gasteiger partial charge < -0.3 is 10.5 Å². The zero-order chi connectivity index (χ0) is 12.7. The molecule has 0 aliphatic heterocycles. The van der Waals surface area contributed by atoms with E-state index < -0.39 is 0 Å². The molecule has 1 aromatic rings. The quantitative estimate of drug-likeness (QED) is 0.477. The zero-order valence-corrected chi connectivity index (χ0v) is 10.9. The third-order valence-electron chi connectivity index (χ3n) is 2.08. The third-order valence-corrected chi connectivity index (χ3v) is 2.17. The number of nitrogens with two attached hydrogens (primary N) is 1. The van der Waals surface area contributed by atoms with Gasteiger partial charge in [0.15, 0.2) is 5.11 Å². The molecular formula is C12H17N3OS. The highest BCUT2D eigenvalue weighted by molar-refractivity contribution is 7.80. The van der Waals surface area contributed by atoms with Crippen LogP contribution in [0.3, 0.4) is 0 Å². The summed E-state index contributed by atoms with van der Waals surface area (Å²) in [5, 5.41) is 4.20. The Morgan fingerprint density at radius 2 is 2.06 bits per heavy atom. The second-order valence-electron chi connectivity index (χ2n) is 3.55. The van der Waals surface area contributed by atoms with Crippen molar-refractivity contribution in [2.75, 3.05) is 6.61 Å². The van der Waals surface area contributed by atoms with E-state index in [1.165, 1.54) is 0 Å². The van der Waals surface area contributed by atoms with Gasteiger partial charge in [-0.2, -0.15) is 5.10 Å². The molecule has 1 aromatic carbocycles. The highest BCUT2D eigenvalue weighted by Gasteiger charge is 1.98. The number of hydrogen-bond acceptors (Lipinski definition) is 3. The van der Waals surface area contributed by atoms with Crippen LogP contribution in [0.25, 0.3) is 0 Å². The number of rotatable bonds is 5. The molecule has 0 heterocycles. The van der Waals surface area contributed by atoms with Crippen LogP contribution in [0.5, 0.6) is 5.75 Å². The van der Waals surface area contributed by atoms with Crippen molar-refractivity contribution in [2.24, 2.45) is 10.8 Å². The Hall–Kier alpha value is -1.62. The van der Waals surface area contributed by atoms with Crippen LogP contribution >= 0.6 is 12.2 Å². The van der Waals surface area contributed by atoms with Gasteiger partial charge >= 0.3 is 0 Å². The average Bonchev–Trinajstić information content (AvgIpc) is 2.34. The highest BCUT2D eigenvalue weighted by atomic mass is 32.1. The molecule has 0 atom stereocenters. The van der Waals surface area contributed by atoms with Crippen LogP contribution in [-0.2, 0) is 0 Å². The standard InChI is InChI=1S/C12H17N3OS/c1-3-8-16-11-6-4-10(5-7-11)9(2)14-15-12(13)17/h4-7H,3,8H2,1-2H3,(H3,13,15,17)/b14-9+. The zero-order valence-electron chi connectivity index (χ0n) is 10.1. The smallest absolute Gasteiger partial charge is 0.184 e. The Bertz CT molecular complexity index is 401. The van der Waals surface area contributed by atoms with Crippen LogP contribution in [0.1, 0.15) is 25.8 Å². The monoisotopic (exact) mass is 251 g/mol. The van der Waals surface area contributed by atoms with E-state index in [9.17, 15) is 0 Å². The first-order valence-electron chi connectivity index (χ1n) is 5.46. The van der Waals surface area contributed by atoms with E-state index in [0.29, 0.717) is 0 Å². The van der Waals surface area contributed by atoms with E-state index >= 15 is 0 Å². The Morgan fingerprint density at radius 3 is 2.59 bits per heavy atom. The van der Waals surface area contributed by atoms with Crippen LogP contribution in [0.4, 0.5) is 0 Å². The van der Waals surface area contributed by atoms with Gasteiger partial charge in [0.1, 0.15) is 5.75 Å². The van der Waals surface area contributed by atoms with Gasteiger partial charge in [-0.05, 0) is 55.4 Å². The molecule has 1 rings (SSSR count). The number of thiocarbonyl (C=S) groups is 1. The molecule has 0 bridgehead atoms. The molecule has 0 saturated carbocycles. The van der Waals surface area contributed by atoms with Gasteiger partial charge in [-0.25, -0.2) is 0 Å². The topological polar surface area (TPSA) is 59.6 Å². The summed E-state index contributed by atoms with van der Waals surface area (Å²) in [7, 11) is 0. The molecule has 0 radical (unpaired) electrons. The van der Waals surface area contributed by atoms with Crippen molar-refractivity contribution in [2.45, 2.75) is 20.3 Å². The van der Waals surface area contributed by atoms with Crippen LogP contribution in [0, 0.1) is 0 Å². The Kier molecular flexibility index (Phi) is 5.42. The molecule has 0 amide bonds. The first-order valence-corrected chi connectivity index (χ1v) is 5.87. The van der Waals surface area contributed by atoms with Crippen LogP contribution in [0.2, 0.25) is 0 Å². The normalized spacial score (nSPS) is 11.1. The number of hydrazone groups is 1. The Morgan fingerprint density at radius 1 is 1.41 bits per heavy atom. The maximum Gasteiger partial charge on any atom is 0.184 e. The van der Waals surface area contributed by atoms with Gasteiger partial charge in [0.05, 0.1) is 12.3 Å². The number of nitrogens with one attached hydrogen (secondary N) is 1. The first kappa shape index (κ1) is 13.4. The van der Waals surface area contributed by atoms with E-state index in [-0.39, 0.29) is 5.11 Å². The molecule has 0 saturated heterocycles. The summed E-state index contributed by atoms with van der Waals surface area (Å²) >= 11 is 4.67. The fourth-order valence-corrected chi connectivity index (χ4v) is 1.26. The Balaban J connectivity index is 2.66. The molecule has 0 aromatic heterocycles. The van der Waals surface area contributed by atoms with E-state index in [4.69, 9.17) is 10.5 Å². The van der Waals surface area contributed by atoms with E-state index in [2.05, 4.69) is 29.7 Å². The van der Waals surface area contributed by atoms with Crippen LogP contribution in [0.15, 0.2) is 29.4 Å². The summed E-state index contributed by atoms with van der Waals surface area (Å²) < 4.78 is 5.49. The predicted octanol–water partition coefficient (Wildman–Crippen LogP) is 2.03. The lowest BCUT2D eigenvalue weighted by Crippen LogP contribution is -2.25. The summed E-state index contributed by atoms with van der Waals surface area (Å²) in [6.07, 6.45) is 1.00. The molecule has 92 valence electrons. The number of benzene rings is 1. The largest absolute Gasteiger partial charge is 0.494 e. The maximum absolute atomic E-state index is 5.49. The van der Waals surface area contributed by atoms with Crippen molar-refractivity contribution < 1.29 is 4.74 Å². The maximum atomic E-state index is 5.49. The van der Waals surface area contributed by atoms with Crippen molar-refractivity contribution in [3.8, 4) is 5.75 Å². The SMILES string of the molecule is CCCOc1ccc(/C(C)=N/NC(N)=S)cc1. The lowest BCUT2D eigenvalue weighted by Gasteiger charge is -2.06. The second kappa shape index (κ2) is 6.85. The predicted molar refractivity (Wildman–Crippen MR) is 74.4 cm³/mol. The number of hydrogen-bond donors (Lipinski definition) is 2. The summed E-state index contributed by atoms with van der Waals surface area (Å²) in [6.45, 7) is 4.69. The molecular weight excluding hydrogens is 234 g/mol. The summed E-state index contributed by atoms with van der Waals surface area (Å²) in [5.41, 5.74) is 9.67. The fraction of sp³-hybridized carbons (Fsp3) is 0.333. The lowest BCUT2D eigenvalue weighted by atomic mass is 10.1. The summed E-state index contributed by atoms with van der Waals surface area (Å²) in [4.78, 5) is 0. The molecule has 5 heteroatoms. The molecule has 4 nitrogen and oxygen atoms in total. The fourth-order valence-electron chi connectivity index (χ4n) is 1.22. The van der Waals surface area contributed by atoms with E-state index in [1.54, 1.807) is 0 Å². The Labute approximate surface area is 107 Å². The van der Waals surface area contributed by atoms with Gasteiger partial charge in [-0.1, -0.05) is 6.92 Å². The molecule has 0 aliphatic carbocycles. The molecule has 3 N–H and O–H groups in total. The minimum absolute atomic E-state index is 0.159. The van der Waals surface area contributed by atoms with E-state index in [1.807, 2.05) is 31.2 Å². The molecule has 0 unspecified atom stereocenters. The van der Waals surface area contributed by atoms with Crippen molar-refractivity contribution in [1.82, 2.24) is 5.43 Å². The summed E-state index contributed by atoms with van der Waals surface area (Å²) in [5.74, 6) is 0.866. The third kappa shape index (κ3) is 4.82. The van der Waals surface area contributed by atoms with Crippen molar-refractivity contribution in [3.05, 3.63) is 29.8 Å². The van der Waals surface area contributed by atoms with Gasteiger partial charge in [0, 0.05) is 0 Å².